The number of nitrogens with one attached hydrogen (secondary N) is 2. The second kappa shape index (κ2) is 3.44. The van der Waals surface area contributed by atoms with Crippen molar-refractivity contribution in [2.24, 2.45) is 0 Å². The Bertz CT molecular complexity index is 727. The van der Waals surface area contributed by atoms with E-state index in [4.69, 9.17) is 0 Å². The van der Waals surface area contributed by atoms with Crippen molar-refractivity contribution >= 4 is 11.0 Å². The zero-order chi connectivity index (χ0) is 11.8. The minimum absolute atomic E-state index is 0.165. The van der Waals surface area contributed by atoms with Gasteiger partial charge >= 0.3 is 0 Å². The van der Waals surface area contributed by atoms with Crippen molar-refractivity contribution in [1.82, 2.24) is 20.2 Å². The first-order valence-corrected chi connectivity index (χ1v) is 4.97. The van der Waals surface area contributed by atoms with Crippen molar-refractivity contribution in [3.05, 3.63) is 40.8 Å². The Kier molecular flexibility index (Phi) is 1.94. The Morgan fingerprint density at radius 1 is 1.18 bits per heavy atom. The van der Waals surface area contributed by atoms with Gasteiger partial charge in [-0.05, 0) is 24.3 Å². The summed E-state index contributed by atoms with van der Waals surface area (Å²) < 4.78 is 0. The van der Waals surface area contributed by atoms with Crippen LogP contribution in [0, 0.1) is 0 Å². The number of benzene rings is 1. The lowest BCUT2D eigenvalue weighted by Crippen LogP contribution is -2.08. The van der Waals surface area contributed by atoms with Gasteiger partial charge in [-0.2, -0.15) is 5.10 Å². The molecule has 3 rings (SSSR count). The molecule has 6 heteroatoms. The van der Waals surface area contributed by atoms with Crippen molar-refractivity contribution in [2.45, 2.75) is 0 Å². The Hall–Kier alpha value is -2.63. The van der Waals surface area contributed by atoms with E-state index in [2.05, 4.69) is 20.2 Å². The molecule has 1 aromatic carbocycles. The lowest BCUT2D eigenvalue weighted by atomic mass is 10.2. The molecule has 0 aliphatic carbocycles. The lowest BCUT2D eigenvalue weighted by molar-refractivity contribution is 0.475. The second-order valence-electron chi connectivity index (χ2n) is 3.59. The van der Waals surface area contributed by atoms with Crippen LogP contribution in [0.5, 0.6) is 5.75 Å². The highest BCUT2D eigenvalue weighted by Gasteiger charge is 2.06. The van der Waals surface area contributed by atoms with Crippen LogP contribution in [0.15, 0.2) is 35.3 Å². The molecule has 0 saturated heterocycles. The molecular weight excluding hydrogens is 220 g/mol. The number of aromatic nitrogens is 4. The van der Waals surface area contributed by atoms with E-state index in [9.17, 15) is 9.90 Å². The number of aromatic amines is 2. The van der Waals surface area contributed by atoms with E-state index in [0.29, 0.717) is 16.9 Å². The maximum Gasteiger partial charge on any atom is 0.262 e. The average molecular weight is 228 g/mol. The predicted octanol–water partition coefficient (Wildman–Crippen LogP) is 1.02. The third-order valence-electron chi connectivity index (χ3n) is 2.46. The molecule has 0 amide bonds. The molecule has 2 aromatic heterocycles. The van der Waals surface area contributed by atoms with Gasteiger partial charge < -0.3 is 10.1 Å². The van der Waals surface area contributed by atoms with Gasteiger partial charge in [0, 0.05) is 5.56 Å². The molecular formula is C11H8N4O2. The highest BCUT2D eigenvalue weighted by molar-refractivity contribution is 5.74. The van der Waals surface area contributed by atoms with Crippen molar-refractivity contribution < 1.29 is 5.11 Å². The van der Waals surface area contributed by atoms with Gasteiger partial charge in [0.05, 0.1) is 6.20 Å². The standard InChI is InChI=1S/C11H8N4O2/c16-7-3-1-6(2-4-7)9-13-10-8(5-12-15-10)11(17)14-9/h1-5,16H,(H2,12,13,14,15,17). The number of fused-ring (bicyclic) bond motifs is 1. The van der Waals surface area contributed by atoms with Crippen LogP contribution in [0.3, 0.4) is 0 Å². The summed E-state index contributed by atoms with van der Waals surface area (Å²) in [7, 11) is 0. The smallest absolute Gasteiger partial charge is 0.262 e. The summed E-state index contributed by atoms with van der Waals surface area (Å²) in [4.78, 5) is 18.6. The van der Waals surface area contributed by atoms with E-state index in [1.54, 1.807) is 12.1 Å². The summed E-state index contributed by atoms with van der Waals surface area (Å²) in [5.74, 6) is 0.602. The van der Waals surface area contributed by atoms with E-state index in [1.807, 2.05) is 0 Å². The number of hydrogen-bond donors (Lipinski definition) is 3. The molecule has 0 bridgehead atoms. The van der Waals surface area contributed by atoms with E-state index >= 15 is 0 Å². The quantitative estimate of drug-likeness (QED) is 0.579. The molecule has 3 N–H and O–H groups in total. The molecule has 0 fully saturated rings. The van der Waals surface area contributed by atoms with Gasteiger partial charge in [0.1, 0.15) is 17.0 Å². The van der Waals surface area contributed by atoms with Crippen LogP contribution in [0.25, 0.3) is 22.4 Å². The van der Waals surface area contributed by atoms with Crippen molar-refractivity contribution in [1.29, 1.82) is 0 Å². The van der Waals surface area contributed by atoms with Gasteiger partial charge in [-0.25, -0.2) is 4.98 Å². The Morgan fingerprint density at radius 2 is 1.94 bits per heavy atom. The second-order valence-corrected chi connectivity index (χ2v) is 3.59. The van der Waals surface area contributed by atoms with Crippen LogP contribution in [-0.4, -0.2) is 25.3 Å². The molecule has 0 aliphatic rings. The summed E-state index contributed by atoms with van der Waals surface area (Å²) in [5, 5.41) is 16.0. The van der Waals surface area contributed by atoms with Crippen LogP contribution in [0.1, 0.15) is 0 Å². The number of phenols is 1. The third kappa shape index (κ3) is 1.55. The largest absolute Gasteiger partial charge is 0.508 e. The number of rotatable bonds is 1. The van der Waals surface area contributed by atoms with E-state index in [0.717, 1.165) is 5.56 Å². The van der Waals surface area contributed by atoms with Crippen LogP contribution in [0.4, 0.5) is 0 Å². The fourth-order valence-electron chi connectivity index (χ4n) is 1.60. The highest BCUT2D eigenvalue weighted by atomic mass is 16.3. The molecule has 0 radical (unpaired) electrons. The van der Waals surface area contributed by atoms with Crippen molar-refractivity contribution in [3.63, 3.8) is 0 Å². The summed E-state index contributed by atoms with van der Waals surface area (Å²) >= 11 is 0. The van der Waals surface area contributed by atoms with Gasteiger partial charge in [0.15, 0.2) is 5.65 Å². The molecule has 0 spiro atoms. The Labute approximate surface area is 95.0 Å². The minimum Gasteiger partial charge on any atom is -0.508 e. The lowest BCUT2D eigenvalue weighted by Gasteiger charge is -2.00. The fraction of sp³-hybridized carbons (Fsp3) is 0. The van der Waals surface area contributed by atoms with Gasteiger partial charge in [-0.1, -0.05) is 0 Å². The van der Waals surface area contributed by atoms with Gasteiger partial charge in [0.2, 0.25) is 0 Å². The Balaban J connectivity index is 2.23. The first-order valence-electron chi connectivity index (χ1n) is 4.97. The Morgan fingerprint density at radius 3 is 2.71 bits per heavy atom. The summed E-state index contributed by atoms with van der Waals surface area (Å²) in [6.45, 7) is 0. The maximum atomic E-state index is 11.7. The molecule has 6 nitrogen and oxygen atoms in total. The SMILES string of the molecule is O=c1[nH]c(-c2ccc(O)cc2)nc2[nH]ncc12. The van der Waals surface area contributed by atoms with Crippen molar-refractivity contribution in [3.8, 4) is 17.1 Å². The van der Waals surface area contributed by atoms with Crippen LogP contribution >= 0.6 is 0 Å². The van der Waals surface area contributed by atoms with E-state index < -0.39 is 0 Å². The third-order valence-corrected chi connectivity index (χ3v) is 2.46. The fourth-order valence-corrected chi connectivity index (χ4v) is 1.60. The molecule has 3 aromatic rings. The summed E-state index contributed by atoms with van der Waals surface area (Å²) in [6.07, 6.45) is 1.43. The van der Waals surface area contributed by atoms with Crippen LogP contribution in [-0.2, 0) is 0 Å². The molecule has 84 valence electrons. The molecule has 0 unspecified atom stereocenters. The predicted molar refractivity (Wildman–Crippen MR) is 61.6 cm³/mol. The monoisotopic (exact) mass is 228 g/mol. The molecule has 0 atom stereocenters. The summed E-state index contributed by atoms with van der Waals surface area (Å²) in [5.41, 5.74) is 0.917. The van der Waals surface area contributed by atoms with Crippen LogP contribution < -0.4 is 5.56 Å². The van der Waals surface area contributed by atoms with E-state index in [1.165, 1.54) is 18.3 Å². The summed E-state index contributed by atoms with van der Waals surface area (Å²) in [6, 6.07) is 6.42. The maximum absolute atomic E-state index is 11.7. The number of phenolic OH excluding ortho intramolecular Hbond substituents is 1. The average Bonchev–Trinajstić information content (AvgIpc) is 2.78. The topological polar surface area (TPSA) is 94.7 Å². The van der Waals surface area contributed by atoms with Crippen LogP contribution in [0.2, 0.25) is 0 Å². The van der Waals surface area contributed by atoms with Gasteiger partial charge in [-0.15, -0.1) is 0 Å². The first-order chi connectivity index (χ1) is 8.24. The highest BCUT2D eigenvalue weighted by Crippen LogP contribution is 2.18. The number of nitrogens with zero attached hydrogens (tertiary/aromatic N) is 2. The molecule has 0 saturated carbocycles. The number of H-pyrrole nitrogens is 2. The first kappa shape index (κ1) is 9.59. The number of hydrogen-bond acceptors (Lipinski definition) is 4. The van der Waals surface area contributed by atoms with Crippen molar-refractivity contribution in [2.75, 3.05) is 0 Å². The van der Waals surface area contributed by atoms with E-state index in [-0.39, 0.29) is 11.3 Å². The van der Waals surface area contributed by atoms with Gasteiger partial charge in [0.25, 0.3) is 5.56 Å². The number of aromatic hydroxyl groups is 1. The molecule has 17 heavy (non-hydrogen) atoms. The normalized spacial score (nSPS) is 10.8. The minimum atomic E-state index is -0.244. The molecule has 0 aliphatic heterocycles. The zero-order valence-electron chi connectivity index (χ0n) is 8.64. The zero-order valence-corrected chi connectivity index (χ0v) is 8.64. The molecule has 2 heterocycles. The van der Waals surface area contributed by atoms with Gasteiger partial charge in [-0.3, -0.25) is 9.89 Å².